The Balaban J connectivity index is 2.85. The zero-order valence-electron chi connectivity index (χ0n) is 20.7. The molecule has 0 amide bonds. The van der Waals surface area contributed by atoms with Gasteiger partial charge in [0.1, 0.15) is 5.41 Å². The van der Waals surface area contributed by atoms with E-state index < -0.39 is 5.41 Å². The van der Waals surface area contributed by atoms with E-state index in [0.717, 1.165) is 16.9 Å². The van der Waals surface area contributed by atoms with Gasteiger partial charge < -0.3 is 23.7 Å². The van der Waals surface area contributed by atoms with Crippen molar-refractivity contribution < 1.29 is 23.7 Å². The molecule has 0 fully saturated rings. The van der Waals surface area contributed by atoms with Crippen LogP contribution in [0, 0.1) is 22.7 Å². The summed E-state index contributed by atoms with van der Waals surface area (Å²) < 4.78 is 28.3. The third kappa shape index (κ3) is 5.46. The van der Waals surface area contributed by atoms with Gasteiger partial charge in [0.2, 0.25) is 5.75 Å². The van der Waals surface area contributed by atoms with E-state index in [1.807, 2.05) is 25.3 Å². The SMILES string of the molecule is CCCOc1c(OC)cc(C(C#N)(CCCC#N)c2cc(OC)c(OC)c(OC)c2)cc1SC. The minimum absolute atomic E-state index is 0.331. The van der Waals surface area contributed by atoms with Gasteiger partial charge >= 0.3 is 0 Å². The summed E-state index contributed by atoms with van der Waals surface area (Å²) in [5, 5.41) is 19.8. The average Bonchev–Trinajstić information content (AvgIpc) is 2.88. The van der Waals surface area contributed by atoms with Crippen molar-refractivity contribution in [1.29, 1.82) is 10.5 Å². The Kier molecular flexibility index (Phi) is 10.2. The molecule has 7 nitrogen and oxygen atoms in total. The van der Waals surface area contributed by atoms with Crippen molar-refractivity contribution in [1.82, 2.24) is 0 Å². The monoisotopic (exact) mass is 484 g/mol. The Morgan fingerprint density at radius 2 is 1.41 bits per heavy atom. The van der Waals surface area contributed by atoms with Crippen LogP contribution in [0.5, 0.6) is 28.7 Å². The molecule has 2 aromatic carbocycles. The van der Waals surface area contributed by atoms with Crippen molar-refractivity contribution in [3.8, 4) is 40.9 Å². The van der Waals surface area contributed by atoms with Crippen molar-refractivity contribution in [3.05, 3.63) is 35.4 Å². The minimum atomic E-state index is -1.09. The van der Waals surface area contributed by atoms with E-state index in [1.165, 1.54) is 18.9 Å². The fraction of sp³-hybridized carbons (Fsp3) is 0.462. The maximum Gasteiger partial charge on any atom is 0.203 e. The lowest BCUT2D eigenvalue weighted by atomic mass is 9.72. The lowest BCUT2D eigenvalue weighted by molar-refractivity contribution is 0.286. The number of methoxy groups -OCH3 is 4. The number of unbranched alkanes of at least 4 members (excludes halogenated alkanes) is 1. The van der Waals surface area contributed by atoms with Crippen LogP contribution < -0.4 is 23.7 Å². The molecular formula is C26H32N2O5S. The molecule has 34 heavy (non-hydrogen) atoms. The van der Waals surface area contributed by atoms with Crippen LogP contribution in [0.1, 0.15) is 43.7 Å². The van der Waals surface area contributed by atoms with Crippen molar-refractivity contribution in [2.75, 3.05) is 41.3 Å². The van der Waals surface area contributed by atoms with E-state index in [9.17, 15) is 5.26 Å². The third-order valence-electron chi connectivity index (χ3n) is 5.59. The molecule has 2 rings (SSSR count). The van der Waals surface area contributed by atoms with Crippen LogP contribution in [-0.4, -0.2) is 41.3 Å². The fourth-order valence-electron chi connectivity index (χ4n) is 3.87. The molecule has 1 unspecified atom stereocenters. The standard InChI is InChI=1S/C26H32N2O5S/c1-7-12-33-25-22(31-4)15-19(16-23(25)34-6)26(17-28,10-8-9-11-27)18-13-20(29-2)24(32-5)21(14-18)30-3/h13-16H,7-10,12H2,1-6H3. The highest BCUT2D eigenvalue weighted by Gasteiger charge is 2.37. The van der Waals surface area contributed by atoms with Gasteiger partial charge in [0.25, 0.3) is 0 Å². The fourth-order valence-corrected chi connectivity index (χ4v) is 4.46. The second kappa shape index (κ2) is 12.9. The number of ether oxygens (including phenoxy) is 5. The van der Waals surface area contributed by atoms with Crippen LogP contribution in [-0.2, 0) is 5.41 Å². The first-order valence-corrected chi connectivity index (χ1v) is 12.2. The zero-order chi connectivity index (χ0) is 25.1. The van der Waals surface area contributed by atoms with Gasteiger partial charge in [-0.15, -0.1) is 11.8 Å². The van der Waals surface area contributed by atoms with E-state index in [2.05, 4.69) is 12.1 Å². The summed E-state index contributed by atoms with van der Waals surface area (Å²) in [4.78, 5) is 0.871. The summed E-state index contributed by atoms with van der Waals surface area (Å²) in [5.41, 5.74) is 0.330. The number of nitrogens with zero attached hydrogens (tertiary/aromatic N) is 2. The van der Waals surface area contributed by atoms with Gasteiger partial charge in [-0.2, -0.15) is 10.5 Å². The number of thioether (sulfide) groups is 1. The molecule has 0 aromatic heterocycles. The molecule has 2 aromatic rings. The molecule has 0 N–H and O–H groups in total. The first-order valence-electron chi connectivity index (χ1n) is 11.0. The topological polar surface area (TPSA) is 93.7 Å². The number of benzene rings is 2. The first kappa shape index (κ1) is 27.0. The number of hydrogen-bond donors (Lipinski definition) is 0. The molecule has 0 bridgehead atoms. The Morgan fingerprint density at radius 3 is 1.85 bits per heavy atom. The number of hydrogen-bond acceptors (Lipinski definition) is 8. The van der Waals surface area contributed by atoms with Crippen molar-refractivity contribution >= 4 is 11.8 Å². The van der Waals surface area contributed by atoms with Gasteiger partial charge in [0.05, 0.1) is 52.1 Å². The van der Waals surface area contributed by atoms with E-state index in [1.54, 1.807) is 33.5 Å². The Hall–Kier alpha value is -3.23. The molecule has 0 aliphatic heterocycles. The average molecular weight is 485 g/mol. The van der Waals surface area contributed by atoms with Gasteiger partial charge in [0, 0.05) is 6.42 Å². The highest BCUT2D eigenvalue weighted by molar-refractivity contribution is 7.98. The summed E-state index contributed by atoms with van der Waals surface area (Å²) in [7, 11) is 6.21. The lowest BCUT2D eigenvalue weighted by Crippen LogP contribution is -2.26. The molecular weight excluding hydrogens is 452 g/mol. The molecule has 0 saturated heterocycles. The van der Waals surface area contributed by atoms with Crippen LogP contribution >= 0.6 is 11.8 Å². The van der Waals surface area contributed by atoms with E-state index in [-0.39, 0.29) is 0 Å². The highest BCUT2D eigenvalue weighted by atomic mass is 32.2. The normalized spacial score (nSPS) is 12.1. The highest BCUT2D eigenvalue weighted by Crippen LogP contribution is 2.48. The summed E-state index contributed by atoms with van der Waals surface area (Å²) in [6.45, 7) is 2.60. The lowest BCUT2D eigenvalue weighted by Gasteiger charge is -2.30. The van der Waals surface area contributed by atoms with Gasteiger partial charge in [-0.3, -0.25) is 0 Å². The summed E-state index contributed by atoms with van der Waals surface area (Å²) in [6.07, 6.45) is 4.10. The predicted octanol–water partition coefficient (Wildman–Crippen LogP) is 5.74. The van der Waals surface area contributed by atoms with Gasteiger partial charge in [-0.25, -0.2) is 0 Å². The van der Waals surface area contributed by atoms with Crippen LogP contribution in [0.3, 0.4) is 0 Å². The minimum Gasteiger partial charge on any atom is -0.493 e. The summed E-state index contributed by atoms with van der Waals surface area (Å²) in [5.74, 6) is 2.58. The maximum absolute atomic E-state index is 10.6. The van der Waals surface area contributed by atoms with E-state index in [0.29, 0.717) is 60.2 Å². The molecule has 0 saturated carbocycles. The predicted molar refractivity (Wildman–Crippen MR) is 133 cm³/mol. The molecule has 0 spiro atoms. The first-order chi connectivity index (χ1) is 16.5. The molecule has 1 atom stereocenters. The van der Waals surface area contributed by atoms with Crippen molar-refractivity contribution in [3.63, 3.8) is 0 Å². The molecule has 0 heterocycles. The summed E-state index contributed by atoms with van der Waals surface area (Å²) in [6, 6.07) is 12.1. The molecule has 0 radical (unpaired) electrons. The largest absolute Gasteiger partial charge is 0.493 e. The number of rotatable bonds is 13. The number of nitriles is 2. The van der Waals surface area contributed by atoms with E-state index >= 15 is 0 Å². The van der Waals surface area contributed by atoms with E-state index in [4.69, 9.17) is 28.9 Å². The van der Waals surface area contributed by atoms with Gasteiger partial charge in [-0.1, -0.05) is 6.92 Å². The molecule has 182 valence electrons. The Labute approximate surface area is 206 Å². The van der Waals surface area contributed by atoms with Gasteiger partial charge in [-0.05, 0) is 60.9 Å². The van der Waals surface area contributed by atoms with Crippen LogP contribution in [0.2, 0.25) is 0 Å². The zero-order valence-corrected chi connectivity index (χ0v) is 21.5. The van der Waals surface area contributed by atoms with Crippen LogP contribution in [0.15, 0.2) is 29.2 Å². The second-order valence-corrected chi connectivity index (χ2v) is 8.35. The smallest absolute Gasteiger partial charge is 0.203 e. The molecule has 8 heteroatoms. The molecule has 0 aliphatic rings. The Bertz CT molecular complexity index is 1010. The van der Waals surface area contributed by atoms with Crippen molar-refractivity contribution in [2.45, 2.75) is 42.9 Å². The quantitative estimate of drug-likeness (QED) is 0.263. The Morgan fingerprint density at radius 1 is 0.853 bits per heavy atom. The maximum atomic E-state index is 10.6. The van der Waals surface area contributed by atoms with Crippen molar-refractivity contribution in [2.24, 2.45) is 0 Å². The molecule has 0 aliphatic carbocycles. The van der Waals surface area contributed by atoms with Gasteiger partial charge in [0.15, 0.2) is 23.0 Å². The second-order valence-electron chi connectivity index (χ2n) is 7.50. The van der Waals surface area contributed by atoms with Crippen LogP contribution in [0.25, 0.3) is 0 Å². The summed E-state index contributed by atoms with van der Waals surface area (Å²) >= 11 is 1.52. The van der Waals surface area contributed by atoms with Crippen LogP contribution in [0.4, 0.5) is 0 Å². The third-order valence-corrected chi connectivity index (χ3v) is 6.34.